The first-order valence-electron chi connectivity index (χ1n) is 8.25. The molecule has 138 valence electrons. The maximum atomic E-state index is 14.0. The summed E-state index contributed by atoms with van der Waals surface area (Å²) in [7, 11) is 0. The Balaban J connectivity index is 1.72. The fourth-order valence-corrected chi connectivity index (χ4v) is 3.19. The van der Waals surface area contributed by atoms with Crippen LogP contribution in [0.2, 0.25) is 5.02 Å². The number of H-pyrrole nitrogens is 1. The van der Waals surface area contributed by atoms with Crippen molar-refractivity contribution >= 4 is 17.5 Å². The second-order valence-corrected chi connectivity index (χ2v) is 7.34. The van der Waals surface area contributed by atoms with Crippen LogP contribution in [0.5, 0.6) is 0 Å². The zero-order chi connectivity index (χ0) is 18.9. The number of aromatic nitrogens is 2. The Morgan fingerprint density at radius 1 is 1.42 bits per heavy atom. The van der Waals surface area contributed by atoms with E-state index < -0.39 is 23.1 Å². The van der Waals surface area contributed by atoms with E-state index in [1.165, 1.54) is 12.1 Å². The number of nitrogens with one attached hydrogen (secondary N) is 2. The average Bonchev–Trinajstić information content (AvgIpc) is 3.43. The van der Waals surface area contributed by atoms with Crippen LogP contribution >= 0.6 is 11.6 Å². The molecule has 0 unspecified atom stereocenters. The van der Waals surface area contributed by atoms with Gasteiger partial charge < -0.3 is 10.3 Å². The minimum Gasteiger partial charge on any atom is -0.349 e. The van der Waals surface area contributed by atoms with Crippen molar-refractivity contribution in [2.75, 3.05) is 6.54 Å². The van der Waals surface area contributed by atoms with Crippen LogP contribution in [0.3, 0.4) is 0 Å². The minimum atomic E-state index is -0.620. The number of benzene rings is 1. The lowest BCUT2D eigenvalue weighted by atomic mass is 9.78. The van der Waals surface area contributed by atoms with Crippen molar-refractivity contribution in [3.05, 3.63) is 62.8 Å². The smallest absolute Gasteiger partial charge is 0.287 e. The molecule has 0 spiro atoms. The van der Waals surface area contributed by atoms with E-state index in [-0.39, 0.29) is 22.8 Å². The number of carbonyl (C=O) groups excluding carboxylic acids is 1. The molecule has 1 heterocycles. The number of rotatable bonds is 6. The highest BCUT2D eigenvalue weighted by Gasteiger charge is 2.42. The van der Waals surface area contributed by atoms with Gasteiger partial charge in [0.15, 0.2) is 5.82 Å². The molecular weight excluding hydrogens is 364 g/mol. The van der Waals surface area contributed by atoms with E-state index in [2.05, 4.69) is 15.3 Å². The van der Waals surface area contributed by atoms with Gasteiger partial charge in [-0.3, -0.25) is 9.59 Å². The first-order chi connectivity index (χ1) is 12.3. The van der Waals surface area contributed by atoms with Crippen LogP contribution < -0.4 is 10.9 Å². The Bertz CT molecular complexity index is 898. The maximum Gasteiger partial charge on any atom is 0.287 e. The van der Waals surface area contributed by atoms with E-state index in [0.29, 0.717) is 17.9 Å². The number of nitrogens with zero attached hydrogens (tertiary/aromatic N) is 1. The van der Waals surface area contributed by atoms with Gasteiger partial charge in [-0.25, -0.2) is 13.8 Å². The molecule has 1 fully saturated rings. The average molecular weight is 382 g/mol. The Kier molecular flexibility index (Phi) is 5.09. The molecule has 0 aliphatic heterocycles. The predicted molar refractivity (Wildman–Crippen MR) is 93.1 cm³/mol. The molecule has 1 aliphatic carbocycles. The Morgan fingerprint density at radius 3 is 2.77 bits per heavy atom. The van der Waals surface area contributed by atoms with Gasteiger partial charge in [0, 0.05) is 12.6 Å². The van der Waals surface area contributed by atoms with Gasteiger partial charge in [0.1, 0.15) is 16.7 Å². The van der Waals surface area contributed by atoms with E-state index in [0.717, 1.165) is 25.1 Å². The molecule has 0 radical (unpaired) electrons. The van der Waals surface area contributed by atoms with E-state index >= 15 is 0 Å². The molecule has 1 saturated carbocycles. The van der Waals surface area contributed by atoms with Crippen molar-refractivity contribution in [2.24, 2.45) is 11.3 Å². The molecule has 2 aromatic rings. The first-order valence-corrected chi connectivity index (χ1v) is 8.63. The Hall–Kier alpha value is -2.28. The third-order valence-corrected chi connectivity index (χ3v) is 5.07. The highest BCUT2D eigenvalue weighted by Crippen LogP contribution is 2.47. The molecule has 0 bridgehead atoms. The summed E-state index contributed by atoms with van der Waals surface area (Å²) in [5.74, 6) is -1.54. The zero-order valence-corrected chi connectivity index (χ0v) is 14.9. The van der Waals surface area contributed by atoms with Gasteiger partial charge in [-0.1, -0.05) is 24.6 Å². The number of hydrogen-bond donors (Lipinski definition) is 2. The van der Waals surface area contributed by atoms with Gasteiger partial charge in [0.2, 0.25) is 0 Å². The third-order valence-electron chi connectivity index (χ3n) is 4.80. The molecule has 1 aromatic heterocycles. The number of amides is 1. The summed E-state index contributed by atoms with van der Waals surface area (Å²) in [4.78, 5) is 29.9. The van der Waals surface area contributed by atoms with Crippen molar-refractivity contribution in [1.29, 1.82) is 0 Å². The van der Waals surface area contributed by atoms with Crippen LogP contribution in [0.4, 0.5) is 8.78 Å². The zero-order valence-electron chi connectivity index (χ0n) is 14.1. The summed E-state index contributed by atoms with van der Waals surface area (Å²) in [6, 6.07) is 3.53. The fourth-order valence-electron chi connectivity index (χ4n) is 3.09. The second-order valence-electron chi connectivity index (χ2n) is 6.93. The minimum absolute atomic E-state index is 0.101. The lowest BCUT2D eigenvalue weighted by molar-refractivity contribution is 0.0915. The highest BCUT2D eigenvalue weighted by molar-refractivity contribution is 6.30. The molecule has 3 rings (SSSR count). The van der Waals surface area contributed by atoms with Crippen LogP contribution in [0.25, 0.3) is 0 Å². The molecule has 1 aliphatic rings. The number of aromatic amines is 1. The topological polar surface area (TPSA) is 74.8 Å². The fraction of sp³-hybridized carbons (Fsp3) is 0.389. The van der Waals surface area contributed by atoms with Crippen LogP contribution in [0, 0.1) is 23.0 Å². The van der Waals surface area contributed by atoms with Crippen LogP contribution in [0.1, 0.15) is 35.9 Å². The largest absolute Gasteiger partial charge is 0.349 e. The van der Waals surface area contributed by atoms with Gasteiger partial charge in [0.05, 0.1) is 6.20 Å². The van der Waals surface area contributed by atoms with Crippen LogP contribution in [-0.4, -0.2) is 22.4 Å². The van der Waals surface area contributed by atoms with Gasteiger partial charge in [-0.2, -0.15) is 0 Å². The maximum absolute atomic E-state index is 14.0. The summed E-state index contributed by atoms with van der Waals surface area (Å²) in [5, 5.41) is 2.65. The number of halogens is 3. The quantitative estimate of drug-likeness (QED) is 0.807. The lowest BCUT2D eigenvalue weighted by Gasteiger charge is -2.30. The SMILES string of the molecule is C[C@](CNC(=O)c1ncc(Cl)c(=O)[nH]1)(Cc1ccc(F)cc1F)C1CC1. The molecule has 1 amide bonds. The van der Waals surface area contributed by atoms with Crippen LogP contribution in [0.15, 0.2) is 29.2 Å². The molecule has 5 nitrogen and oxygen atoms in total. The number of carbonyl (C=O) groups is 1. The number of hydrogen-bond acceptors (Lipinski definition) is 3. The highest BCUT2D eigenvalue weighted by atomic mass is 35.5. The standard InChI is InChI=1S/C18H18ClF2N3O2/c1-18(11-3-4-11,7-10-2-5-12(20)6-14(10)21)9-23-17(26)15-22-8-13(19)16(25)24-15/h2,5-6,8,11H,3-4,7,9H2,1H3,(H,23,26)(H,22,24,25)/t18-/m1/s1. The second kappa shape index (κ2) is 7.15. The van der Waals surface area contributed by atoms with Crippen molar-refractivity contribution in [3.8, 4) is 0 Å². The van der Waals surface area contributed by atoms with E-state index in [1.807, 2.05) is 6.92 Å². The van der Waals surface area contributed by atoms with E-state index in [9.17, 15) is 18.4 Å². The van der Waals surface area contributed by atoms with Gasteiger partial charge >= 0.3 is 0 Å². The van der Waals surface area contributed by atoms with Crippen molar-refractivity contribution < 1.29 is 13.6 Å². The summed E-state index contributed by atoms with van der Waals surface area (Å²) in [5.41, 5.74) is -0.570. The Morgan fingerprint density at radius 2 is 2.15 bits per heavy atom. The van der Waals surface area contributed by atoms with Gasteiger partial charge in [0.25, 0.3) is 11.5 Å². The molecule has 0 saturated heterocycles. The van der Waals surface area contributed by atoms with Crippen molar-refractivity contribution in [1.82, 2.24) is 15.3 Å². The first kappa shape index (κ1) is 18.5. The van der Waals surface area contributed by atoms with E-state index in [4.69, 9.17) is 11.6 Å². The van der Waals surface area contributed by atoms with Gasteiger partial charge in [-0.15, -0.1) is 0 Å². The van der Waals surface area contributed by atoms with Crippen molar-refractivity contribution in [2.45, 2.75) is 26.2 Å². The molecule has 1 aromatic carbocycles. The normalized spacial score (nSPS) is 16.2. The van der Waals surface area contributed by atoms with Crippen LogP contribution in [-0.2, 0) is 6.42 Å². The summed E-state index contributed by atoms with van der Waals surface area (Å²) in [6.07, 6.45) is 3.47. The Labute approximate surface area is 153 Å². The third kappa shape index (κ3) is 4.09. The molecular formula is C18H18ClF2N3O2. The van der Waals surface area contributed by atoms with Gasteiger partial charge in [-0.05, 0) is 42.2 Å². The molecule has 1 atom stereocenters. The lowest BCUT2D eigenvalue weighted by Crippen LogP contribution is -2.39. The summed E-state index contributed by atoms with van der Waals surface area (Å²) < 4.78 is 27.1. The predicted octanol–water partition coefficient (Wildman–Crippen LogP) is 3.09. The van der Waals surface area contributed by atoms with Crippen molar-refractivity contribution in [3.63, 3.8) is 0 Å². The molecule has 8 heteroatoms. The molecule has 2 N–H and O–H groups in total. The van der Waals surface area contributed by atoms with E-state index in [1.54, 1.807) is 0 Å². The monoisotopic (exact) mass is 381 g/mol. The summed E-state index contributed by atoms with van der Waals surface area (Å²) >= 11 is 5.60. The molecule has 26 heavy (non-hydrogen) atoms. The summed E-state index contributed by atoms with van der Waals surface area (Å²) in [6.45, 7) is 2.24.